The van der Waals surface area contributed by atoms with E-state index in [2.05, 4.69) is 10.2 Å². The first-order valence-corrected chi connectivity index (χ1v) is 6.98. The molecule has 19 heavy (non-hydrogen) atoms. The summed E-state index contributed by atoms with van der Waals surface area (Å²) < 4.78 is 0. The van der Waals surface area contributed by atoms with Gasteiger partial charge in [-0.05, 0) is 36.6 Å². The summed E-state index contributed by atoms with van der Waals surface area (Å²) >= 11 is 6.15. The van der Waals surface area contributed by atoms with Gasteiger partial charge in [-0.2, -0.15) is 0 Å². The summed E-state index contributed by atoms with van der Waals surface area (Å²) in [4.78, 5) is 14.1. The molecule has 4 nitrogen and oxygen atoms in total. The molecule has 2 N–H and O–H groups in total. The number of carbonyl (C=O) groups is 1. The molecule has 5 heteroatoms. The average molecular weight is 283 g/mol. The summed E-state index contributed by atoms with van der Waals surface area (Å²) in [6.45, 7) is 4.16. The Morgan fingerprint density at radius 1 is 1.53 bits per heavy atom. The number of phenolic OH excluding ortho intramolecular Hbond substituents is 1. The van der Waals surface area contributed by atoms with E-state index in [9.17, 15) is 9.90 Å². The zero-order valence-electron chi connectivity index (χ0n) is 11.0. The number of aromatic hydroxyl groups is 1. The molecule has 1 heterocycles. The molecule has 0 unspecified atom stereocenters. The number of phenols is 1. The van der Waals surface area contributed by atoms with Crippen LogP contribution < -0.4 is 5.32 Å². The number of nitrogens with zero attached hydrogens (tertiary/aromatic N) is 1. The van der Waals surface area contributed by atoms with Gasteiger partial charge in [-0.25, -0.2) is 0 Å². The van der Waals surface area contributed by atoms with Crippen molar-refractivity contribution in [2.24, 2.45) is 0 Å². The fraction of sp³-hybridized carbons (Fsp3) is 0.500. The van der Waals surface area contributed by atoms with Crippen LogP contribution in [-0.4, -0.2) is 35.0 Å². The fourth-order valence-electron chi connectivity index (χ4n) is 2.47. The maximum atomic E-state index is 12.0. The molecular formula is C14H19ClN2O2. The number of nitrogens with one attached hydrogen (secondary N) is 1. The summed E-state index contributed by atoms with van der Waals surface area (Å²) in [6, 6.07) is 4.79. The van der Waals surface area contributed by atoms with Gasteiger partial charge < -0.3 is 10.4 Å². The second-order valence-electron chi connectivity index (χ2n) is 4.81. The third-order valence-electron chi connectivity index (χ3n) is 3.45. The average Bonchev–Trinajstić information content (AvgIpc) is 2.55. The molecule has 0 aromatic heterocycles. The lowest BCUT2D eigenvalue weighted by molar-refractivity contribution is -0.125. The predicted molar refractivity (Wildman–Crippen MR) is 75.2 cm³/mol. The molecule has 1 amide bonds. The Morgan fingerprint density at radius 3 is 3.05 bits per heavy atom. The lowest BCUT2D eigenvalue weighted by Crippen LogP contribution is -2.43. The fourth-order valence-corrected chi connectivity index (χ4v) is 2.64. The predicted octanol–water partition coefficient (Wildman–Crippen LogP) is 2.15. The van der Waals surface area contributed by atoms with E-state index in [0.717, 1.165) is 31.5 Å². The van der Waals surface area contributed by atoms with Crippen LogP contribution in [-0.2, 0) is 11.3 Å². The lowest BCUT2D eigenvalue weighted by atomic mass is 10.1. The van der Waals surface area contributed by atoms with Crippen LogP contribution in [0.3, 0.4) is 0 Å². The SMILES string of the molecule is CC[C@H]1C(=O)NCCCN1Cc1cc(O)ccc1Cl. The van der Waals surface area contributed by atoms with Gasteiger partial charge in [0, 0.05) is 24.7 Å². The number of carbonyl (C=O) groups excluding carboxylic acids is 1. The molecule has 0 radical (unpaired) electrons. The molecule has 0 bridgehead atoms. The number of amides is 1. The van der Waals surface area contributed by atoms with Crippen LogP contribution in [0.5, 0.6) is 5.75 Å². The zero-order chi connectivity index (χ0) is 13.8. The van der Waals surface area contributed by atoms with Gasteiger partial charge in [-0.3, -0.25) is 9.69 Å². The number of hydrogen-bond donors (Lipinski definition) is 2. The Balaban J connectivity index is 2.19. The Kier molecular flexibility index (Phi) is 4.66. The summed E-state index contributed by atoms with van der Waals surface area (Å²) in [7, 11) is 0. The van der Waals surface area contributed by atoms with Crippen LogP contribution in [0.1, 0.15) is 25.3 Å². The highest BCUT2D eigenvalue weighted by atomic mass is 35.5. The van der Waals surface area contributed by atoms with Crippen molar-refractivity contribution in [1.29, 1.82) is 0 Å². The van der Waals surface area contributed by atoms with E-state index in [1.807, 2.05) is 6.92 Å². The van der Waals surface area contributed by atoms with E-state index in [4.69, 9.17) is 11.6 Å². The Labute approximate surface area is 118 Å². The van der Waals surface area contributed by atoms with E-state index >= 15 is 0 Å². The van der Waals surface area contributed by atoms with E-state index in [-0.39, 0.29) is 17.7 Å². The van der Waals surface area contributed by atoms with Crippen molar-refractivity contribution < 1.29 is 9.90 Å². The zero-order valence-corrected chi connectivity index (χ0v) is 11.8. The molecule has 2 rings (SSSR count). The first-order chi connectivity index (χ1) is 9.11. The number of halogens is 1. The van der Waals surface area contributed by atoms with Crippen LogP contribution in [0.2, 0.25) is 5.02 Å². The molecule has 104 valence electrons. The van der Waals surface area contributed by atoms with Gasteiger partial charge in [-0.15, -0.1) is 0 Å². The number of hydrogen-bond acceptors (Lipinski definition) is 3. The third kappa shape index (κ3) is 3.39. The first-order valence-electron chi connectivity index (χ1n) is 6.61. The lowest BCUT2D eigenvalue weighted by Gasteiger charge is -2.27. The second kappa shape index (κ2) is 6.26. The van der Waals surface area contributed by atoms with Crippen molar-refractivity contribution in [1.82, 2.24) is 10.2 Å². The van der Waals surface area contributed by atoms with Crippen molar-refractivity contribution in [3.63, 3.8) is 0 Å². The second-order valence-corrected chi connectivity index (χ2v) is 5.22. The highest BCUT2D eigenvalue weighted by Gasteiger charge is 2.26. The summed E-state index contributed by atoms with van der Waals surface area (Å²) in [5.74, 6) is 0.281. The first kappa shape index (κ1) is 14.2. The standard InChI is InChI=1S/C14H19ClN2O2/c1-2-13-14(19)16-6-3-7-17(13)9-10-8-11(18)4-5-12(10)15/h4-5,8,13,18H,2-3,6-7,9H2,1H3,(H,16,19)/t13-/m0/s1. The van der Waals surface area contributed by atoms with Crippen molar-refractivity contribution in [2.45, 2.75) is 32.4 Å². The van der Waals surface area contributed by atoms with Crippen molar-refractivity contribution in [2.75, 3.05) is 13.1 Å². The van der Waals surface area contributed by atoms with E-state index in [1.54, 1.807) is 18.2 Å². The van der Waals surface area contributed by atoms with Gasteiger partial charge in [0.2, 0.25) is 5.91 Å². The highest BCUT2D eigenvalue weighted by molar-refractivity contribution is 6.31. The molecular weight excluding hydrogens is 264 g/mol. The molecule has 1 fully saturated rings. The van der Waals surface area contributed by atoms with Crippen LogP contribution in [0.4, 0.5) is 0 Å². The quantitative estimate of drug-likeness (QED) is 0.893. The molecule has 1 aromatic rings. The molecule has 0 aliphatic carbocycles. The van der Waals surface area contributed by atoms with Crippen LogP contribution >= 0.6 is 11.6 Å². The molecule has 1 aliphatic heterocycles. The molecule has 0 saturated carbocycles. The highest BCUT2D eigenvalue weighted by Crippen LogP contribution is 2.24. The minimum absolute atomic E-state index is 0.0799. The van der Waals surface area contributed by atoms with Crippen LogP contribution in [0.25, 0.3) is 0 Å². The van der Waals surface area contributed by atoms with Gasteiger partial charge in [0.05, 0.1) is 6.04 Å². The van der Waals surface area contributed by atoms with Crippen molar-refractivity contribution in [3.8, 4) is 5.75 Å². The number of benzene rings is 1. The minimum atomic E-state index is -0.124. The third-order valence-corrected chi connectivity index (χ3v) is 3.82. The molecule has 0 spiro atoms. The largest absolute Gasteiger partial charge is 0.508 e. The van der Waals surface area contributed by atoms with Gasteiger partial charge in [0.15, 0.2) is 0 Å². The van der Waals surface area contributed by atoms with Gasteiger partial charge in [0.25, 0.3) is 0 Å². The maximum Gasteiger partial charge on any atom is 0.237 e. The van der Waals surface area contributed by atoms with Gasteiger partial charge in [-0.1, -0.05) is 18.5 Å². The topological polar surface area (TPSA) is 52.6 Å². The van der Waals surface area contributed by atoms with Crippen molar-refractivity contribution in [3.05, 3.63) is 28.8 Å². The van der Waals surface area contributed by atoms with E-state index in [1.165, 1.54) is 0 Å². The van der Waals surface area contributed by atoms with E-state index in [0.29, 0.717) is 11.6 Å². The smallest absolute Gasteiger partial charge is 0.237 e. The van der Waals surface area contributed by atoms with Gasteiger partial charge in [0.1, 0.15) is 5.75 Å². The normalized spacial score (nSPS) is 20.9. The van der Waals surface area contributed by atoms with E-state index < -0.39 is 0 Å². The maximum absolute atomic E-state index is 12.0. The minimum Gasteiger partial charge on any atom is -0.508 e. The van der Waals surface area contributed by atoms with Crippen LogP contribution in [0.15, 0.2) is 18.2 Å². The Hall–Kier alpha value is -1.26. The Bertz CT molecular complexity index is 465. The summed E-state index contributed by atoms with van der Waals surface area (Å²) in [5, 5.41) is 13.1. The molecule has 1 atom stereocenters. The monoisotopic (exact) mass is 282 g/mol. The molecule has 1 aromatic carbocycles. The van der Waals surface area contributed by atoms with Gasteiger partial charge >= 0.3 is 0 Å². The molecule has 1 saturated heterocycles. The van der Waals surface area contributed by atoms with Crippen molar-refractivity contribution >= 4 is 17.5 Å². The Morgan fingerprint density at radius 2 is 2.32 bits per heavy atom. The summed E-state index contributed by atoms with van der Waals surface area (Å²) in [6.07, 6.45) is 1.70. The molecule has 1 aliphatic rings. The van der Waals surface area contributed by atoms with Crippen LogP contribution in [0, 0.1) is 0 Å². The summed E-state index contributed by atoms with van der Waals surface area (Å²) in [5.41, 5.74) is 0.856. The number of rotatable bonds is 3.